The van der Waals surface area contributed by atoms with Crippen molar-refractivity contribution in [3.8, 4) is 0 Å². The first kappa shape index (κ1) is 19.6. The highest BCUT2D eigenvalue weighted by atomic mass is 32.1. The van der Waals surface area contributed by atoms with Crippen molar-refractivity contribution >= 4 is 44.2 Å². The normalized spacial score (nSPS) is 12.6. The summed E-state index contributed by atoms with van der Waals surface area (Å²) < 4.78 is 43.5. The molecule has 1 atom stereocenters. The van der Waals surface area contributed by atoms with Gasteiger partial charge in [0.05, 0.1) is 21.3 Å². The fraction of sp³-hybridized carbons (Fsp3) is 0.167. The maximum absolute atomic E-state index is 12.6. The summed E-state index contributed by atoms with van der Waals surface area (Å²) in [6.07, 6.45) is -5.62. The molecular formula is C18H14F3N3O3S. The Hall–Kier alpha value is -3.14. The third-order valence-corrected chi connectivity index (χ3v) is 4.62. The molecule has 6 nitrogen and oxygen atoms in total. The summed E-state index contributed by atoms with van der Waals surface area (Å²) in [6.45, 7) is 1.36. The van der Waals surface area contributed by atoms with Crippen LogP contribution in [-0.2, 0) is 15.7 Å². The van der Waals surface area contributed by atoms with E-state index in [0.717, 1.165) is 24.3 Å². The average molecular weight is 409 g/mol. The van der Waals surface area contributed by atoms with Gasteiger partial charge in [0.15, 0.2) is 11.2 Å². The molecule has 0 radical (unpaired) electrons. The zero-order valence-electron chi connectivity index (χ0n) is 14.4. The molecule has 3 rings (SSSR count). The predicted octanol–water partition coefficient (Wildman–Crippen LogP) is 4.08. The van der Waals surface area contributed by atoms with Gasteiger partial charge in [0, 0.05) is 5.69 Å². The van der Waals surface area contributed by atoms with Gasteiger partial charge in [-0.3, -0.25) is 4.79 Å². The highest BCUT2D eigenvalue weighted by Crippen LogP contribution is 2.30. The lowest BCUT2D eigenvalue weighted by molar-refractivity contribution is -0.137. The van der Waals surface area contributed by atoms with Crippen molar-refractivity contribution in [1.82, 2.24) is 4.98 Å². The number of nitrogens with zero attached hydrogens (tertiary/aromatic N) is 1. The second-order valence-electron chi connectivity index (χ2n) is 5.85. The Bertz CT molecular complexity index is 1030. The lowest BCUT2D eigenvalue weighted by atomic mass is 10.2. The molecule has 0 bridgehead atoms. The molecule has 1 heterocycles. The minimum absolute atomic E-state index is 0.155. The smallest absolute Gasteiger partial charge is 0.416 e. The van der Waals surface area contributed by atoms with Gasteiger partial charge in [0.1, 0.15) is 0 Å². The number of nitrogens with two attached hydrogens (primary N) is 1. The number of nitrogen functional groups attached to an aromatic ring is 1. The summed E-state index contributed by atoms with van der Waals surface area (Å²) in [5, 5.41) is 2.77. The highest BCUT2D eigenvalue weighted by molar-refractivity contribution is 7.22. The van der Waals surface area contributed by atoms with Crippen molar-refractivity contribution in [2.45, 2.75) is 19.2 Å². The Morgan fingerprint density at radius 3 is 2.50 bits per heavy atom. The summed E-state index contributed by atoms with van der Waals surface area (Å²) in [5.74, 6) is -1.39. The number of halogens is 3. The molecule has 0 aliphatic rings. The van der Waals surface area contributed by atoms with Gasteiger partial charge in [-0.2, -0.15) is 13.2 Å². The zero-order valence-corrected chi connectivity index (χ0v) is 15.2. The van der Waals surface area contributed by atoms with E-state index < -0.39 is 29.7 Å². The molecule has 1 amide bonds. The van der Waals surface area contributed by atoms with Crippen LogP contribution in [0.25, 0.3) is 10.2 Å². The van der Waals surface area contributed by atoms with Crippen LogP contribution in [0.15, 0.2) is 42.5 Å². The van der Waals surface area contributed by atoms with Gasteiger partial charge in [0.25, 0.3) is 5.91 Å². The van der Waals surface area contributed by atoms with E-state index in [4.69, 9.17) is 10.5 Å². The lowest BCUT2D eigenvalue weighted by Gasteiger charge is -2.14. The van der Waals surface area contributed by atoms with Gasteiger partial charge in [0.2, 0.25) is 0 Å². The second kappa shape index (κ2) is 7.47. The van der Waals surface area contributed by atoms with Crippen molar-refractivity contribution in [1.29, 1.82) is 0 Å². The lowest BCUT2D eigenvalue weighted by Crippen LogP contribution is -2.30. The van der Waals surface area contributed by atoms with Crippen LogP contribution in [0.4, 0.5) is 24.0 Å². The second-order valence-corrected chi connectivity index (χ2v) is 6.91. The van der Waals surface area contributed by atoms with Crippen LogP contribution in [0, 0.1) is 0 Å². The Balaban J connectivity index is 1.63. The maximum atomic E-state index is 12.6. The van der Waals surface area contributed by atoms with E-state index in [1.807, 2.05) is 0 Å². The van der Waals surface area contributed by atoms with E-state index in [2.05, 4.69) is 10.3 Å². The maximum Gasteiger partial charge on any atom is 0.416 e. The van der Waals surface area contributed by atoms with Crippen molar-refractivity contribution in [3.05, 3.63) is 53.6 Å². The minimum atomic E-state index is -4.46. The Morgan fingerprint density at radius 2 is 1.86 bits per heavy atom. The number of carbonyl (C=O) groups excluding carboxylic acids is 2. The molecular weight excluding hydrogens is 395 g/mol. The number of rotatable bonds is 4. The highest BCUT2D eigenvalue weighted by Gasteiger charge is 2.30. The van der Waals surface area contributed by atoms with Gasteiger partial charge < -0.3 is 15.8 Å². The SMILES string of the molecule is C[C@H](OC(=O)c1ccc2nc(N)sc2c1)C(=O)Nc1ccc(C(F)(F)F)cc1. The van der Waals surface area contributed by atoms with Crippen LogP contribution in [0.3, 0.4) is 0 Å². The fourth-order valence-corrected chi connectivity index (χ4v) is 3.11. The van der Waals surface area contributed by atoms with E-state index >= 15 is 0 Å². The molecule has 0 fully saturated rings. The number of nitrogens with one attached hydrogen (secondary N) is 1. The van der Waals surface area contributed by atoms with Gasteiger partial charge in [-0.1, -0.05) is 11.3 Å². The van der Waals surface area contributed by atoms with Crippen LogP contribution in [0.2, 0.25) is 0 Å². The summed E-state index contributed by atoms with van der Waals surface area (Å²) in [4.78, 5) is 28.5. The van der Waals surface area contributed by atoms with Gasteiger partial charge in [-0.05, 0) is 49.4 Å². The summed E-state index contributed by atoms with van der Waals surface area (Å²) in [6, 6.07) is 8.63. The van der Waals surface area contributed by atoms with Gasteiger partial charge >= 0.3 is 12.1 Å². The van der Waals surface area contributed by atoms with E-state index in [0.29, 0.717) is 15.3 Å². The van der Waals surface area contributed by atoms with E-state index in [1.54, 1.807) is 12.1 Å². The summed E-state index contributed by atoms with van der Waals surface area (Å²) >= 11 is 1.21. The number of carbonyl (C=O) groups is 2. The monoisotopic (exact) mass is 409 g/mol. The topological polar surface area (TPSA) is 94.3 Å². The number of ether oxygens (including phenoxy) is 1. The molecule has 3 aromatic rings. The molecule has 1 aromatic heterocycles. The van der Waals surface area contributed by atoms with Crippen LogP contribution in [0.1, 0.15) is 22.8 Å². The minimum Gasteiger partial charge on any atom is -0.449 e. The van der Waals surface area contributed by atoms with E-state index in [1.165, 1.54) is 24.3 Å². The van der Waals surface area contributed by atoms with Crippen molar-refractivity contribution in [2.75, 3.05) is 11.1 Å². The van der Waals surface area contributed by atoms with Crippen molar-refractivity contribution < 1.29 is 27.5 Å². The Morgan fingerprint density at radius 1 is 1.18 bits per heavy atom. The Kier molecular flexibility index (Phi) is 5.23. The molecule has 0 aliphatic carbocycles. The Labute approximate surface area is 161 Å². The largest absolute Gasteiger partial charge is 0.449 e. The molecule has 2 aromatic carbocycles. The molecule has 10 heteroatoms. The summed E-state index contributed by atoms with van der Waals surface area (Å²) in [7, 11) is 0. The number of esters is 1. The number of benzene rings is 2. The standard InChI is InChI=1S/C18H14F3N3O3S/c1-9(15(25)23-12-5-3-11(4-6-12)18(19,20)21)27-16(26)10-2-7-13-14(8-10)28-17(22)24-13/h2-9H,1H3,(H2,22,24)(H,23,25)/t9-/m0/s1. The van der Waals surface area contributed by atoms with Crippen LogP contribution >= 0.6 is 11.3 Å². The van der Waals surface area contributed by atoms with E-state index in [9.17, 15) is 22.8 Å². The van der Waals surface area contributed by atoms with Crippen molar-refractivity contribution in [2.24, 2.45) is 0 Å². The first-order valence-electron chi connectivity index (χ1n) is 7.98. The molecule has 3 N–H and O–H groups in total. The number of aromatic nitrogens is 1. The first-order chi connectivity index (χ1) is 13.1. The fourth-order valence-electron chi connectivity index (χ4n) is 2.34. The number of hydrogen-bond acceptors (Lipinski definition) is 6. The molecule has 0 saturated heterocycles. The summed E-state index contributed by atoms with van der Waals surface area (Å²) in [5.41, 5.74) is 5.82. The molecule has 0 spiro atoms. The third-order valence-electron chi connectivity index (χ3n) is 3.77. The number of alkyl halides is 3. The third kappa shape index (κ3) is 4.39. The molecule has 0 unspecified atom stereocenters. The number of anilines is 2. The van der Waals surface area contributed by atoms with Crippen LogP contribution in [0.5, 0.6) is 0 Å². The quantitative estimate of drug-likeness (QED) is 0.633. The first-order valence-corrected chi connectivity index (χ1v) is 8.80. The zero-order chi connectivity index (χ0) is 20.5. The van der Waals surface area contributed by atoms with E-state index in [-0.39, 0.29) is 11.3 Å². The van der Waals surface area contributed by atoms with Gasteiger partial charge in [-0.15, -0.1) is 0 Å². The molecule has 28 heavy (non-hydrogen) atoms. The van der Waals surface area contributed by atoms with Crippen molar-refractivity contribution in [3.63, 3.8) is 0 Å². The molecule has 146 valence electrons. The number of fused-ring (bicyclic) bond motifs is 1. The van der Waals surface area contributed by atoms with Crippen LogP contribution in [-0.4, -0.2) is 23.0 Å². The van der Waals surface area contributed by atoms with Crippen LogP contribution < -0.4 is 11.1 Å². The number of amides is 1. The molecule has 0 saturated carbocycles. The molecule has 0 aliphatic heterocycles. The van der Waals surface area contributed by atoms with Gasteiger partial charge in [-0.25, -0.2) is 9.78 Å². The average Bonchev–Trinajstić information content (AvgIpc) is 3.00. The number of thiazole rings is 1. The number of hydrogen-bond donors (Lipinski definition) is 2. The predicted molar refractivity (Wildman–Crippen MR) is 99.0 cm³/mol.